The Morgan fingerprint density at radius 2 is 1.84 bits per heavy atom. The minimum atomic E-state index is -0.907. The van der Waals surface area contributed by atoms with E-state index in [0.717, 1.165) is 10.9 Å². The second-order valence-corrected chi connectivity index (χ2v) is 7.13. The zero-order chi connectivity index (χ0) is 21.5. The summed E-state index contributed by atoms with van der Waals surface area (Å²) in [7, 11) is 1.83. The van der Waals surface area contributed by atoms with Gasteiger partial charge in [-0.25, -0.2) is 4.39 Å². The molecule has 1 atom stereocenters. The molecule has 0 aliphatic rings. The lowest BCUT2D eigenvalue weighted by Gasteiger charge is -2.13. The van der Waals surface area contributed by atoms with Crippen molar-refractivity contribution in [1.29, 1.82) is 0 Å². The summed E-state index contributed by atoms with van der Waals surface area (Å²) in [6, 6.07) is 14.7. The van der Waals surface area contributed by atoms with Gasteiger partial charge < -0.3 is 19.5 Å². The number of aliphatic hydroxyl groups excluding tert-OH is 1. The van der Waals surface area contributed by atoms with E-state index < -0.39 is 6.10 Å². The Morgan fingerprint density at radius 3 is 2.65 bits per heavy atom. The summed E-state index contributed by atoms with van der Waals surface area (Å²) in [5.41, 5.74) is 2.54. The first-order chi connectivity index (χ1) is 15.0. The Labute approximate surface area is 176 Å². The van der Waals surface area contributed by atoms with E-state index in [1.807, 2.05) is 23.7 Å². The first kappa shape index (κ1) is 19.0. The van der Waals surface area contributed by atoms with Crippen LogP contribution < -0.4 is 4.74 Å². The predicted molar refractivity (Wildman–Crippen MR) is 112 cm³/mol. The summed E-state index contributed by atoms with van der Waals surface area (Å²) in [5.74, 6) is -0.0706. The highest BCUT2D eigenvalue weighted by Gasteiger charge is 2.17. The molecule has 5 aromatic rings. The number of fused-ring (bicyclic) bond motifs is 2. The number of hydrogen-bond donors (Lipinski definition) is 2. The SMILES string of the molecule is Cn1c(C(O)c2ccc(F)cc2)cc2ccc(Oc3nc(O)c4ccncc4n3)cc21. The summed E-state index contributed by atoms with van der Waals surface area (Å²) in [6.45, 7) is 0. The van der Waals surface area contributed by atoms with Crippen molar-refractivity contribution in [2.75, 3.05) is 0 Å². The van der Waals surface area contributed by atoms with Gasteiger partial charge in [-0.05, 0) is 42.0 Å². The van der Waals surface area contributed by atoms with Crippen LogP contribution in [-0.2, 0) is 7.05 Å². The highest BCUT2D eigenvalue weighted by molar-refractivity contribution is 5.84. The molecule has 3 heterocycles. The minimum Gasteiger partial charge on any atom is -0.493 e. The van der Waals surface area contributed by atoms with Gasteiger partial charge in [0.15, 0.2) is 0 Å². The van der Waals surface area contributed by atoms with Crippen LogP contribution in [0.25, 0.3) is 21.8 Å². The highest BCUT2D eigenvalue weighted by Crippen LogP contribution is 2.32. The van der Waals surface area contributed by atoms with Crippen LogP contribution in [-0.4, -0.2) is 29.7 Å². The highest BCUT2D eigenvalue weighted by atomic mass is 19.1. The molecule has 0 amide bonds. The van der Waals surface area contributed by atoms with Crippen molar-refractivity contribution in [3.05, 3.63) is 84.1 Å². The number of hydrogen-bond acceptors (Lipinski definition) is 6. The average Bonchev–Trinajstić information content (AvgIpc) is 3.10. The number of aromatic nitrogens is 4. The summed E-state index contributed by atoms with van der Waals surface area (Å²) in [4.78, 5) is 12.3. The standard InChI is InChI=1S/C23H17FN4O3/c1-28-19-11-16(31-23-26-18-12-25-9-8-17(18)22(30)27-23)7-4-14(19)10-20(28)21(29)13-2-5-15(24)6-3-13/h2-12,21,29H,1H3,(H,26,27,30). The van der Waals surface area contributed by atoms with Crippen LogP contribution in [0.5, 0.6) is 17.6 Å². The van der Waals surface area contributed by atoms with Gasteiger partial charge in [-0.1, -0.05) is 12.1 Å². The van der Waals surface area contributed by atoms with E-state index in [1.54, 1.807) is 36.5 Å². The first-order valence-corrected chi connectivity index (χ1v) is 9.51. The van der Waals surface area contributed by atoms with Gasteiger partial charge in [0.05, 0.1) is 28.3 Å². The van der Waals surface area contributed by atoms with Crippen LogP contribution in [0.2, 0.25) is 0 Å². The van der Waals surface area contributed by atoms with Gasteiger partial charge in [0.1, 0.15) is 17.7 Å². The number of halogens is 1. The molecule has 0 bridgehead atoms. The summed E-state index contributed by atoms with van der Waals surface area (Å²) < 4.78 is 20.8. The molecule has 2 aromatic carbocycles. The Morgan fingerprint density at radius 1 is 1.03 bits per heavy atom. The smallest absolute Gasteiger partial charge is 0.325 e. The number of aliphatic hydroxyl groups is 1. The van der Waals surface area contributed by atoms with E-state index in [9.17, 15) is 14.6 Å². The zero-order valence-corrected chi connectivity index (χ0v) is 16.4. The van der Waals surface area contributed by atoms with Crippen molar-refractivity contribution >= 4 is 21.8 Å². The molecule has 3 aromatic heterocycles. The molecular weight excluding hydrogens is 399 g/mol. The molecule has 0 saturated carbocycles. The maximum Gasteiger partial charge on any atom is 0.325 e. The molecule has 0 spiro atoms. The summed E-state index contributed by atoms with van der Waals surface area (Å²) in [5, 5.41) is 22.3. The zero-order valence-electron chi connectivity index (χ0n) is 16.4. The third kappa shape index (κ3) is 3.43. The topological polar surface area (TPSA) is 93.3 Å². The van der Waals surface area contributed by atoms with Crippen LogP contribution >= 0.6 is 0 Å². The average molecular weight is 416 g/mol. The Hall–Kier alpha value is -4.04. The molecular formula is C23H17FN4O3. The van der Waals surface area contributed by atoms with E-state index in [1.165, 1.54) is 18.3 Å². The number of aryl methyl sites for hydroxylation is 1. The number of pyridine rings is 1. The molecule has 7 nitrogen and oxygen atoms in total. The van der Waals surface area contributed by atoms with Crippen LogP contribution in [0.1, 0.15) is 17.4 Å². The number of rotatable bonds is 4. The molecule has 5 rings (SSSR count). The maximum absolute atomic E-state index is 13.2. The number of aromatic hydroxyl groups is 1. The molecule has 0 radical (unpaired) electrons. The lowest BCUT2D eigenvalue weighted by molar-refractivity contribution is 0.212. The molecule has 1 unspecified atom stereocenters. The van der Waals surface area contributed by atoms with Crippen LogP contribution in [0.4, 0.5) is 4.39 Å². The van der Waals surface area contributed by atoms with Crippen LogP contribution in [0, 0.1) is 5.82 Å². The third-order valence-corrected chi connectivity index (χ3v) is 5.19. The molecule has 31 heavy (non-hydrogen) atoms. The van der Waals surface area contributed by atoms with Crippen LogP contribution in [0.15, 0.2) is 67.0 Å². The normalized spacial score (nSPS) is 12.4. The van der Waals surface area contributed by atoms with E-state index in [2.05, 4.69) is 15.0 Å². The van der Waals surface area contributed by atoms with Crippen LogP contribution in [0.3, 0.4) is 0 Å². The number of ether oxygens (including phenoxy) is 1. The van der Waals surface area contributed by atoms with Crippen molar-refractivity contribution in [2.45, 2.75) is 6.10 Å². The van der Waals surface area contributed by atoms with Gasteiger partial charge in [-0.2, -0.15) is 9.97 Å². The monoisotopic (exact) mass is 416 g/mol. The molecule has 0 aliphatic heterocycles. The Balaban J connectivity index is 1.49. The fraction of sp³-hybridized carbons (Fsp3) is 0.0870. The molecule has 2 N–H and O–H groups in total. The minimum absolute atomic E-state index is 0.00173. The van der Waals surface area contributed by atoms with Gasteiger partial charge in [-0.15, -0.1) is 0 Å². The van der Waals surface area contributed by atoms with Gasteiger partial charge in [0.25, 0.3) is 0 Å². The van der Waals surface area contributed by atoms with Gasteiger partial charge in [0, 0.05) is 24.7 Å². The lowest BCUT2D eigenvalue weighted by atomic mass is 10.1. The Kier molecular flexibility index (Phi) is 4.48. The van der Waals surface area contributed by atoms with Crippen molar-refractivity contribution in [3.63, 3.8) is 0 Å². The fourth-order valence-electron chi connectivity index (χ4n) is 3.57. The molecule has 8 heteroatoms. The number of nitrogens with zero attached hydrogens (tertiary/aromatic N) is 4. The Bertz CT molecular complexity index is 1420. The van der Waals surface area contributed by atoms with E-state index in [-0.39, 0.29) is 17.7 Å². The maximum atomic E-state index is 13.2. The second-order valence-electron chi connectivity index (χ2n) is 7.13. The number of benzene rings is 2. The quantitative estimate of drug-likeness (QED) is 0.455. The molecule has 0 aliphatic carbocycles. The van der Waals surface area contributed by atoms with E-state index >= 15 is 0 Å². The van der Waals surface area contributed by atoms with Crippen molar-refractivity contribution in [3.8, 4) is 17.6 Å². The molecule has 0 fully saturated rings. The van der Waals surface area contributed by atoms with Crippen molar-refractivity contribution in [1.82, 2.24) is 19.5 Å². The van der Waals surface area contributed by atoms with E-state index in [0.29, 0.717) is 27.9 Å². The van der Waals surface area contributed by atoms with Gasteiger partial charge in [0.2, 0.25) is 5.88 Å². The summed E-state index contributed by atoms with van der Waals surface area (Å²) >= 11 is 0. The second kappa shape index (κ2) is 7.33. The van der Waals surface area contributed by atoms with E-state index in [4.69, 9.17) is 4.74 Å². The predicted octanol–water partition coefficient (Wildman–Crippen LogP) is 4.24. The first-order valence-electron chi connectivity index (χ1n) is 9.51. The third-order valence-electron chi connectivity index (χ3n) is 5.19. The van der Waals surface area contributed by atoms with Gasteiger partial charge >= 0.3 is 6.01 Å². The lowest BCUT2D eigenvalue weighted by Crippen LogP contribution is -2.05. The van der Waals surface area contributed by atoms with Crippen molar-refractivity contribution < 1.29 is 19.3 Å². The molecule has 154 valence electrons. The fourth-order valence-corrected chi connectivity index (χ4v) is 3.57. The largest absolute Gasteiger partial charge is 0.493 e. The molecule has 0 saturated heterocycles. The van der Waals surface area contributed by atoms with Gasteiger partial charge in [-0.3, -0.25) is 4.98 Å². The van der Waals surface area contributed by atoms with Crippen molar-refractivity contribution in [2.24, 2.45) is 7.05 Å². The summed E-state index contributed by atoms with van der Waals surface area (Å²) in [6.07, 6.45) is 2.16.